The summed E-state index contributed by atoms with van der Waals surface area (Å²) < 4.78 is 20.1. The Kier molecular flexibility index (Phi) is 6.16. The lowest BCUT2D eigenvalue weighted by Crippen LogP contribution is -2.49. The van der Waals surface area contributed by atoms with Crippen molar-refractivity contribution in [3.05, 3.63) is 44.4 Å². The molecule has 0 bridgehead atoms. The van der Waals surface area contributed by atoms with Gasteiger partial charge in [0.1, 0.15) is 11.7 Å². The number of halogens is 2. The van der Waals surface area contributed by atoms with Crippen LogP contribution >= 0.6 is 15.9 Å². The maximum Gasteiger partial charge on any atom is 0.461 e. The number of esters is 1. The van der Waals surface area contributed by atoms with E-state index in [-0.39, 0.29) is 12.2 Å². The van der Waals surface area contributed by atoms with Crippen molar-refractivity contribution in [3.63, 3.8) is 0 Å². The van der Waals surface area contributed by atoms with Crippen LogP contribution in [0.1, 0.15) is 31.7 Å². The molecule has 0 aliphatic heterocycles. The first-order chi connectivity index (χ1) is 10.2. The van der Waals surface area contributed by atoms with E-state index < -0.39 is 34.8 Å². The van der Waals surface area contributed by atoms with Crippen LogP contribution in [0, 0.1) is 10.1 Å². The zero-order chi connectivity index (χ0) is 16.9. The van der Waals surface area contributed by atoms with Gasteiger partial charge in [-0.3, -0.25) is 14.9 Å². The fraction of sp³-hybridized carbons (Fsp3) is 0.429. The van der Waals surface area contributed by atoms with Gasteiger partial charge in [-0.1, -0.05) is 28.1 Å². The van der Waals surface area contributed by atoms with Gasteiger partial charge in [0.2, 0.25) is 0 Å². The van der Waals surface area contributed by atoms with Crippen LogP contribution in [-0.2, 0) is 14.3 Å². The average molecular weight is 376 g/mol. The summed E-state index contributed by atoms with van der Waals surface area (Å²) in [7, 11) is 0. The van der Waals surface area contributed by atoms with E-state index in [4.69, 9.17) is 0 Å². The second-order valence-corrected chi connectivity index (χ2v) is 5.58. The lowest BCUT2D eigenvalue weighted by Gasteiger charge is -2.24. The number of hydrogen-bond donors (Lipinski definition) is 0. The Labute approximate surface area is 134 Å². The number of benzene rings is 1. The summed E-state index contributed by atoms with van der Waals surface area (Å²) in [5.74, 6) is -7.16. The van der Waals surface area contributed by atoms with Crippen molar-refractivity contribution in [2.24, 2.45) is 0 Å². The molecule has 0 N–H and O–H groups in total. The average Bonchev–Trinajstić information content (AvgIpc) is 2.44. The third-order valence-corrected chi connectivity index (χ3v) is 3.58. The summed E-state index contributed by atoms with van der Waals surface area (Å²) in [5, 5.41) is 11.2. The van der Waals surface area contributed by atoms with E-state index in [0.717, 1.165) is 0 Å². The Balaban J connectivity index is 3.38. The predicted octanol–water partition coefficient (Wildman–Crippen LogP) is 3.02. The summed E-state index contributed by atoms with van der Waals surface area (Å²) in [6.45, 7) is 2.39. The van der Waals surface area contributed by atoms with E-state index in [1.807, 2.05) is 0 Å². The molecule has 0 fully saturated rings. The molecule has 2 atom stereocenters. The van der Waals surface area contributed by atoms with Gasteiger partial charge in [0, 0.05) is 10.9 Å². The van der Waals surface area contributed by atoms with Crippen molar-refractivity contribution in [2.75, 3.05) is 6.61 Å². The molecule has 2 unspecified atom stereocenters. The molecule has 0 amide bonds. The van der Waals surface area contributed by atoms with E-state index >= 15 is 0 Å². The zero-order valence-corrected chi connectivity index (χ0v) is 13.6. The van der Waals surface area contributed by atoms with Crippen LogP contribution in [0.4, 0.5) is 4.39 Å². The molecule has 0 saturated heterocycles. The Morgan fingerprint density at radius 1 is 1.41 bits per heavy atom. The fourth-order valence-corrected chi connectivity index (χ4v) is 2.30. The van der Waals surface area contributed by atoms with Crippen LogP contribution < -0.4 is 0 Å². The van der Waals surface area contributed by atoms with Crippen molar-refractivity contribution in [3.8, 4) is 0 Å². The molecule has 22 heavy (non-hydrogen) atoms. The van der Waals surface area contributed by atoms with Gasteiger partial charge in [0.15, 0.2) is 0 Å². The number of Topliss-reactive ketones (excluding diaryl/α,β-unsaturated/α-hetero) is 1. The lowest BCUT2D eigenvalue weighted by molar-refractivity contribution is -0.594. The van der Waals surface area contributed by atoms with E-state index in [2.05, 4.69) is 20.7 Å². The molecule has 0 heterocycles. The van der Waals surface area contributed by atoms with Crippen LogP contribution in [0.15, 0.2) is 28.7 Å². The van der Waals surface area contributed by atoms with Gasteiger partial charge in [-0.15, -0.1) is 0 Å². The number of ether oxygens (including phenoxy) is 1. The number of hydrogen-bond acceptors (Lipinski definition) is 5. The standard InChI is InChI=1S/C14H15BrFNO5/c1-3-22-13(19)14(16,17(20)21)12(8-9(2)18)10-4-6-11(15)7-5-10/h4-7,12H,3,8H2,1-2H3. The molecule has 0 spiro atoms. The first-order valence-electron chi connectivity index (χ1n) is 6.49. The molecule has 0 saturated carbocycles. The number of carbonyl (C=O) groups excluding carboxylic acids is 2. The summed E-state index contributed by atoms with van der Waals surface area (Å²) in [4.78, 5) is 33.1. The molecule has 0 aromatic heterocycles. The van der Waals surface area contributed by atoms with Crippen molar-refractivity contribution in [1.82, 2.24) is 0 Å². The SMILES string of the molecule is CCOC(=O)C(F)(C(CC(C)=O)c1ccc(Br)cc1)[N+](=O)[O-]. The second-order valence-electron chi connectivity index (χ2n) is 4.66. The quantitative estimate of drug-likeness (QED) is 0.316. The van der Waals surface area contributed by atoms with Crippen molar-refractivity contribution in [2.45, 2.75) is 32.0 Å². The predicted molar refractivity (Wildman–Crippen MR) is 79.6 cm³/mol. The number of carbonyl (C=O) groups is 2. The van der Waals surface area contributed by atoms with E-state index in [1.165, 1.54) is 26.0 Å². The molecule has 120 valence electrons. The van der Waals surface area contributed by atoms with E-state index in [1.54, 1.807) is 12.1 Å². The first-order valence-corrected chi connectivity index (χ1v) is 7.28. The maximum absolute atomic E-state index is 15.0. The Morgan fingerprint density at radius 3 is 2.36 bits per heavy atom. The van der Waals surface area contributed by atoms with Crippen LogP contribution in [0.2, 0.25) is 0 Å². The highest BCUT2D eigenvalue weighted by atomic mass is 79.9. The monoisotopic (exact) mass is 375 g/mol. The van der Waals surface area contributed by atoms with Crippen LogP contribution in [0.5, 0.6) is 0 Å². The molecular formula is C14H15BrFNO5. The van der Waals surface area contributed by atoms with Gasteiger partial charge in [0.25, 0.3) is 0 Å². The van der Waals surface area contributed by atoms with Crippen LogP contribution in [-0.4, -0.2) is 29.1 Å². The Morgan fingerprint density at radius 2 is 1.95 bits per heavy atom. The van der Waals surface area contributed by atoms with Gasteiger partial charge in [-0.25, -0.2) is 4.79 Å². The number of ketones is 1. The highest BCUT2D eigenvalue weighted by Crippen LogP contribution is 2.37. The molecule has 1 rings (SSSR count). The minimum Gasteiger partial charge on any atom is -0.458 e. The molecular weight excluding hydrogens is 361 g/mol. The smallest absolute Gasteiger partial charge is 0.458 e. The van der Waals surface area contributed by atoms with Gasteiger partial charge >= 0.3 is 11.8 Å². The maximum atomic E-state index is 15.0. The molecule has 0 aliphatic rings. The lowest BCUT2D eigenvalue weighted by atomic mass is 9.85. The highest BCUT2D eigenvalue weighted by molar-refractivity contribution is 9.10. The number of nitrogens with zero attached hydrogens (tertiary/aromatic N) is 1. The third-order valence-electron chi connectivity index (χ3n) is 3.05. The van der Waals surface area contributed by atoms with Crippen LogP contribution in [0.25, 0.3) is 0 Å². The van der Waals surface area contributed by atoms with Crippen molar-refractivity contribution >= 4 is 27.7 Å². The summed E-state index contributed by atoms with van der Waals surface area (Å²) in [5.41, 5.74) is 0.172. The van der Waals surface area contributed by atoms with Gasteiger partial charge in [0.05, 0.1) is 11.5 Å². The number of rotatable bonds is 7. The van der Waals surface area contributed by atoms with Gasteiger partial charge < -0.3 is 4.74 Å². The number of nitro groups is 1. The molecule has 0 radical (unpaired) electrons. The normalized spacial score (nSPS) is 14.7. The Hall–Kier alpha value is -1.83. The third kappa shape index (κ3) is 3.88. The topological polar surface area (TPSA) is 86.5 Å². The van der Waals surface area contributed by atoms with E-state index in [9.17, 15) is 24.1 Å². The molecule has 1 aromatic rings. The number of alkyl halides is 1. The summed E-state index contributed by atoms with van der Waals surface area (Å²) in [6, 6.07) is 5.95. The summed E-state index contributed by atoms with van der Waals surface area (Å²) in [6.07, 6.45) is -0.488. The minimum absolute atomic E-state index is 0.172. The molecule has 0 aliphatic carbocycles. The van der Waals surface area contributed by atoms with Gasteiger partial charge in [-0.2, -0.15) is 4.39 Å². The van der Waals surface area contributed by atoms with Gasteiger partial charge in [-0.05, 0) is 31.5 Å². The molecule has 8 heteroatoms. The van der Waals surface area contributed by atoms with Crippen LogP contribution in [0.3, 0.4) is 0 Å². The highest BCUT2D eigenvalue weighted by Gasteiger charge is 2.61. The Bertz CT molecular complexity index is 577. The minimum atomic E-state index is -3.52. The van der Waals surface area contributed by atoms with Crippen molar-refractivity contribution in [1.29, 1.82) is 0 Å². The first kappa shape index (κ1) is 18.2. The zero-order valence-electron chi connectivity index (χ0n) is 12.0. The van der Waals surface area contributed by atoms with E-state index in [0.29, 0.717) is 4.47 Å². The largest absolute Gasteiger partial charge is 0.461 e. The molecule has 6 nitrogen and oxygen atoms in total. The molecule has 1 aromatic carbocycles. The van der Waals surface area contributed by atoms with Crippen molar-refractivity contribution < 1.29 is 23.6 Å². The summed E-state index contributed by atoms with van der Waals surface area (Å²) >= 11 is 3.19. The fourth-order valence-electron chi connectivity index (χ4n) is 2.03. The second kappa shape index (κ2) is 7.44.